The minimum absolute atomic E-state index is 0.209. The summed E-state index contributed by atoms with van der Waals surface area (Å²) >= 11 is 0. The Morgan fingerprint density at radius 3 is 2.32 bits per heavy atom. The molecule has 1 rings (SSSR count). The van der Waals surface area contributed by atoms with E-state index in [4.69, 9.17) is 19.7 Å². The first-order chi connectivity index (χ1) is 8.92. The Morgan fingerprint density at radius 1 is 1.16 bits per heavy atom. The van der Waals surface area contributed by atoms with Crippen LogP contribution in [0.5, 0.6) is 0 Å². The Balaban J connectivity index is 2.67. The molecule has 1 fully saturated rings. The van der Waals surface area contributed by atoms with Crippen LogP contribution in [-0.2, 0) is 14.3 Å². The number of rotatable bonds is 6. The highest BCUT2D eigenvalue weighted by molar-refractivity contribution is 5.55. The van der Waals surface area contributed by atoms with Crippen molar-refractivity contribution in [3.05, 3.63) is 0 Å². The van der Waals surface area contributed by atoms with Gasteiger partial charge in [-0.2, -0.15) is 0 Å². The monoisotopic (exact) mass is 282 g/mol. The molecule has 0 spiro atoms. The molecule has 1 aliphatic rings. The zero-order chi connectivity index (χ0) is 14.6. The number of hydrogen-bond donors (Lipinski definition) is 6. The molecule has 0 radical (unpaired) electrons. The molecule has 0 unspecified atom stereocenters. The van der Waals surface area contributed by atoms with Crippen LogP contribution < -0.4 is 0 Å². The summed E-state index contributed by atoms with van der Waals surface area (Å²) in [6, 6.07) is 0. The number of aliphatic hydroxyl groups excluding tert-OH is 6. The van der Waals surface area contributed by atoms with E-state index in [0.717, 1.165) is 0 Å². The second kappa shape index (κ2) is 7.22. The first-order valence-corrected chi connectivity index (χ1v) is 5.66. The van der Waals surface area contributed by atoms with Crippen molar-refractivity contribution >= 4 is 6.29 Å². The van der Waals surface area contributed by atoms with Gasteiger partial charge in [0, 0.05) is 0 Å². The summed E-state index contributed by atoms with van der Waals surface area (Å²) in [5, 5.41) is 55.9. The molecule has 0 aromatic carbocycles. The lowest BCUT2D eigenvalue weighted by atomic mass is 9.95. The molecule has 0 aromatic rings. The lowest BCUT2D eigenvalue weighted by Crippen LogP contribution is -2.61. The average molecular weight is 282 g/mol. The highest BCUT2D eigenvalue weighted by Gasteiger charge is 2.46. The summed E-state index contributed by atoms with van der Waals surface area (Å²) in [6.07, 6.45) is -10.5. The molecule has 9 heteroatoms. The lowest BCUT2D eigenvalue weighted by molar-refractivity contribution is -0.313. The van der Waals surface area contributed by atoms with Gasteiger partial charge in [0.2, 0.25) is 0 Å². The predicted octanol–water partition coefficient (Wildman–Crippen LogP) is -4.28. The van der Waals surface area contributed by atoms with Gasteiger partial charge < -0.3 is 44.9 Å². The van der Waals surface area contributed by atoms with Crippen molar-refractivity contribution in [1.82, 2.24) is 0 Å². The number of aldehydes is 1. The normalized spacial score (nSPS) is 38.7. The van der Waals surface area contributed by atoms with Crippen LogP contribution >= 0.6 is 0 Å². The molecular formula is C10H18O9. The van der Waals surface area contributed by atoms with Crippen molar-refractivity contribution in [3.8, 4) is 0 Å². The van der Waals surface area contributed by atoms with Crippen molar-refractivity contribution in [2.75, 3.05) is 13.2 Å². The Labute approximate surface area is 108 Å². The van der Waals surface area contributed by atoms with Crippen LogP contribution in [0.4, 0.5) is 0 Å². The second-order valence-electron chi connectivity index (χ2n) is 4.23. The molecule has 112 valence electrons. The largest absolute Gasteiger partial charge is 0.394 e. The number of carbonyl (C=O) groups excluding carboxylic acids is 1. The lowest BCUT2D eigenvalue weighted by Gasteiger charge is -2.41. The standard InChI is InChI=1S/C10H18O9/c11-1-4(13)3-18-10-8(17)6(15)7(16)9(19-10)5(14)2-12/h1,4-10,12-17H,2-3H2/t4-,5-,6+,7+,8-,9-,10+/m1/s1. The molecule has 1 heterocycles. The van der Waals surface area contributed by atoms with E-state index in [1.165, 1.54) is 0 Å². The Hall–Kier alpha value is -0.650. The molecule has 0 aromatic heterocycles. The van der Waals surface area contributed by atoms with Crippen LogP contribution in [0.1, 0.15) is 0 Å². The van der Waals surface area contributed by atoms with Gasteiger partial charge in [-0.15, -0.1) is 0 Å². The summed E-state index contributed by atoms with van der Waals surface area (Å²) in [6.45, 7) is -1.22. The fourth-order valence-electron chi connectivity index (χ4n) is 1.67. The predicted molar refractivity (Wildman–Crippen MR) is 57.8 cm³/mol. The molecule has 0 aliphatic carbocycles. The van der Waals surface area contributed by atoms with Gasteiger partial charge in [0.05, 0.1) is 13.2 Å². The molecule has 0 saturated carbocycles. The van der Waals surface area contributed by atoms with Crippen molar-refractivity contribution in [1.29, 1.82) is 0 Å². The third-order valence-corrected chi connectivity index (χ3v) is 2.76. The highest BCUT2D eigenvalue weighted by Crippen LogP contribution is 2.24. The van der Waals surface area contributed by atoms with Crippen LogP contribution in [0.3, 0.4) is 0 Å². The highest BCUT2D eigenvalue weighted by atomic mass is 16.7. The summed E-state index contributed by atoms with van der Waals surface area (Å²) in [5.41, 5.74) is 0. The smallest absolute Gasteiger partial charge is 0.186 e. The minimum Gasteiger partial charge on any atom is -0.394 e. The van der Waals surface area contributed by atoms with Crippen LogP contribution in [-0.4, -0.2) is 93.1 Å². The maximum atomic E-state index is 10.2. The van der Waals surface area contributed by atoms with Gasteiger partial charge in [-0.1, -0.05) is 0 Å². The molecule has 0 bridgehead atoms. The Bertz CT molecular complexity index is 286. The van der Waals surface area contributed by atoms with E-state index in [2.05, 4.69) is 0 Å². The van der Waals surface area contributed by atoms with Crippen LogP contribution in [0.25, 0.3) is 0 Å². The van der Waals surface area contributed by atoms with E-state index in [1.807, 2.05) is 0 Å². The number of hydrogen-bond acceptors (Lipinski definition) is 9. The Kier molecular flexibility index (Phi) is 6.23. The maximum absolute atomic E-state index is 10.2. The zero-order valence-corrected chi connectivity index (χ0v) is 9.94. The molecule has 19 heavy (non-hydrogen) atoms. The number of carbonyl (C=O) groups is 1. The molecule has 1 saturated heterocycles. The van der Waals surface area contributed by atoms with Crippen molar-refractivity contribution in [3.63, 3.8) is 0 Å². The van der Waals surface area contributed by atoms with Gasteiger partial charge in [0.1, 0.15) is 36.6 Å². The van der Waals surface area contributed by atoms with Crippen molar-refractivity contribution < 1.29 is 44.9 Å². The SMILES string of the molecule is O=C[C@@H](O)CO[C@H]1O[C@H]([C@H](O)CO)[C@@H](O)[C@H](O)[C@H]1O. The fraction of sp³-hybridized carbons (Fsp3) is 0.900. The first-order valence-electron chi connectivity index (χ1n) is 5.66. The third-order valence-electron chi connectivity index (χ3n) is 2.76. The number of aliphatic hydroxyl groups is 6. The molecule has 7 atom stereocenters. The van der Waals surface area contributed by atoms with Crippen molar-refractivity contribution in [2.24, 2.45) is 0 Å². The first kappa shape index (κ1) is 16.4. The molecule has 0 amide bonds. The van der Waals surface area contributed by atoms with Gasteiger partial charge in [-0.3, -0.25) is 0 Å². The summed E-state index contributed by atoms with van der Waals surface area (Å²) in [7, 11) is 0. The molecule has 6 N–H and O–H groups in total. The van der Waals surface area contributed by atoms with Gasteiger partial charge in [0.25, 0.3) is 0 Å². The summed E-state index contributed by atoms with van der Waals surface area (Å²) in [5.74, 6) is 0. The Morgan fingerprint density at radius 2 is 1.79 bits per heavy atom. The van der Waals surface area contributed by atoms with E-state index >= 15 is 0 Å². The van der Waals surface area contributed by atoms with Gasteiger partial charge in [0.15, 0.2) is 12.6 Å². The summed E-state index contributed by atoms with van der Waals surface area (Å²) < 4.78 is 9.88. The van der Waals surface area contributed by atoms with Gasteiger partial charge in [-0.05, 0) is 0 Å². The molecule has 1 aliphatic heterocycles. The zero-order valence-electron chi connectivity index (χ0n) is 9.94. The van der Waals surface area contributed by atoms with Gasteiger partial charge in [-0.25, -0.2) is 0 Å². The quantitative estimate of drug-likeness (QED) is 0.265. The molecular weight excluding hydrogens is 264 g/mol. The fourth-order valence-corrected chi connectivity index (χ4v) is 1.67. The maximum Gasteiger partial charge on any atom is 0.186 e. The number of ether oxygens (including phenoxy) is 2. The summed E-state index contributed by atoms with van der Waals surface area (Å²) in [4.78, 5) is 10.2. The van der Waals surface area contributed by atoms with Crippen LogP contribution in [0, 0.1) is 0 Å². The van der Waals surface area contributed by atoms with E-state index < -0.39 is 56.1 Å². The van der Waals surface area contributed by atoms with Gasteiger partial charge >= 0.3 is 0 Å². The van der Waals surface area contributed by atoms with Crippen LogP contribution in [0.2, 0.25) is 0 Å². The molecule has 9 nitrogen and oxygen atoms in total. The van der Waals surface area contributed by atoms with Crippen molar-refractivity contribution in [2.45, 2.75) is 42.9 Å². The topological polar surface area (TPSA) is 157 Å². The second-order valence-corrected chi connectivity index (χ2v) is 4.23. The minimum atomic E-state index is -1.67. The van der Waals surface area contributed by atoms with E-state index in [-0.39, 0.29) is 6.29 Å². The average Bonchev–Trinajstić information content (AvgIpc) is 2.42. The van der Waals surface area contributed by atoms with E-state index in [0.29, 0.717) is 0 Å². The van der Waals surface area contributed by atoms with E-state index in [1.54, 1.807) is 0 Å². The van der Waals surface area contributed by atoms with E-state index in [9.17, 15) is 25.2 Å². The third kappa shape index (κ3) is 3.91. The van der Waals surface area contributed by atoms with Crippen LogP contribution in [0.15, 0.2) is 0 Å².